The molecule has 0 fully saturated rings. The molecule has 12 nitrogen and oxygen atoms in total. The minimum Gasteiger partial charge on any atom is -0.336 e. The maximum Gasteiger partial charge on any atom is 0.284 e. The van der Waals surface area contributed by atoms with Crippen LogP contribution in [0, 0.1) is 0 Å². The average Bonchev–Trinajstić information content (AvgIpc) is 2.57. The molecule has 0 aliphatic rings. The topological polar surface area (TPSA) is 113 Å². The minimum atomic E-state index is -0.736. The summed E-state index contributed by atoms with van der Waals surface area (Å²) in [4.78, 5) is 32.5. The summed E-state index contributed by atoms with van der Waals surface area (Å²) in [5.41, 5.74) is 0. The van der Waals surface area contributed by atoms with Crippen molar-refractivity contribution in [3.8, 4) is 0 Å². The average molecular weight is 348 g/mol. The van der Waals surface area contributed by atoms with Gasteiger partial charge in [-0.05, 0) is 13.8 Å². The van der Waals surface area contributed by atoms with Gasteiger partial charge in [-0.2, -0.15) is 15.0 Å². The van der Waals surface area contributed by atoms with E-state index in [1.54, 1.807) is 0 Å². The maximum atomic E-state index is 5.41. The molecule has 0 aliphatic heterocycles. The number of hydrogen-bond acceptors (Lipinski definition) is 12. The van der Waals surface area contributed by atoms with Crippen molar-refractivity contribution in [3.05, 3.63) is 0 Å². The number of nitrogens with one attached hydrogen (secondary N) is 1. The first kappa shape index (κ1) is 20.2. The van der Waals surface area contributed by atoms with E-state index in [2.05, 4.69) is 20.3 Å². The Balaban J connectivity index is 3.16. The Kier molecular flexibility index (Phi) is 9.14. The minimum absolute atomic E-state index is 0.0540. The van der Waals surface area contributed by atoms with Crippen molar-refractivity contribution >= 4 is 17.8 Å². The Hall–Kier alpha value is -1.83. The summed E-state index contributed by atoms with van der Waals surface area (Å²) in [6.07, 6.45) is -0.736. The van der Waals surface area contributed by atoms with Gasteiger partial charge >= 0.3 is 0 Å². The molecule has 0 spiro atoms. The molecular weight excluding hydrogens is 324 g/mol. The van der Waals surface area contributed by atoms with Crippen molar-refractivity contribution in [1.82, 2.24) is 15.0 Å². The Morgan fingerprint density at radius 2 is 1.21 bits per heavy atom. The van der Waals surface area contributed by atoms with Crippen molar-refractivity contribution in [2.45, 2.75) is 20.3 Å². The van der Waals surface area contributed by atoms with E-state index in [1.807, 2.05) is 13.8 Å². The van der Waals surface area contributed by atoms with E-state index in [0.717, 1.165) is 10.5 Å². The van der Waals surface area contributed by atoms with Crippen LogP contribution in [0.25, 0.3) is 0 Å². The van der Waals surface area contributed by atoms with E-state index in [0.29, 0.717) is 13.2 Å². The first-order valence-electron chi connectivity index (χ1n) is 7.15. The predicted octanol–water partition coefficient (Wildman–Crippen LogP) is 0.499. The van der Waals surface area contributed by atoms with E-state index in [-0.39, 0.29) is 17.8 Å². The number of ether oxygens (including phenoxy) is 2. The molecule has 0 aromatic carbocycles. The molecular formula is C12H24N6O6. The van der Waals surface area contributed by atoms with Gasteiger partial charge < -0.3 is 14.8 Å². The summed E-state index contributed by atoms with van der Waals surface area (Å²) < 4.78 is 10.8. The molecule has 1 rings (SSSR count). The molecule has 0 aliphatic carbocycles. The molecule has 1 heterocycles. The lowest BCUT2D eigenvalue weighted by Crippen LogP contribution is -2.31. The third-order valence-corrected chi connectivity index (χ3v) is 2.48. The number of rotatable bonds is 12. The highest BCUT2D eigenvalue weighted by Gasteiger charge is 2.20. The zero-order valence-electron chi connectivity index (χ0n) is 14.7. The highest BCUT2D eigenvalue weighted by atomic mass is 16.9. The molecule has 0 saturated carbocycles. The number of hydrogen-bond donors (Lipinski definition) is 1. The second-order valence-electron chi connectivity index (χ2n) is 3.89. The molecule has 1 N–H and O–H groups in total. The van der Waals surface area contributed by atoms with Crippen LogP contribution in [0.15, 0.2) is 0 Å². The highest BCUT2D eigenvalue weighted by molar-refractivity contribution is 5.40. The molecule has 0 unspecified atom stereocenters. The fraction of sp³-hybridized carbons (Fsp3) is 0.750. The fourth-order valence-corrected chi connectivity index (χ4v) is 1.60. The first-order chi connectivity index (χ1) is 11.6. The van der Waals surface area contributed by atoms with Gasteiger partial charge in [0.25, 0.3) is 11.9 Å². The lowest BCUT2D eigenvalue weighted by Gasteiger charge is -2.22. The molecule has 24 heavy (non-hydrogen) atoms. The Morgan fingerprint density at radius 3 is 1.54 bits per heavy atom. The second kappa shape index (κ2) is 10.9. The summed E-state index contributed by atoms with van der Waals surface area (Å²) >= 11 is 0. The lowest BCUT2D eigenvalue weighted by atomic mass is 10.7. The van der Waals surface area contributed by atoms with Crippen LogP contribution in [0.2, 0.25) is 0 Å². The zero-order valence-corrected chi connectivity index (χ0v) is 14.7. The molecule has 0 atom stereocenters. The highest BCUT2D eigenvalue weighted by Crippen LogP contribution is 2.18. The lowest BCUT2D eigenvalue weighted by molar-refractivity contribution is -0.117. The molecule has 12 heteroatoms. The van der Waals surface area contributed by atoms with E-state index in [4.69, 9.17) is 28.8 Å². The molecule has 1 aromatic heterocycles. The third-order valence-electron chi connectivity index (χ3n) is 2.48. The molecule has 0 bridgehead atoms. The predicted molar refractivity (Wildman–Crippen MR) is 83.5 cm³/mol. The number of aromatic nitrogens is 3. The molecule has 0 saturated heterocycles. The monoisotopic (exact) mass is 348 g/mol. The fourth-order valence-electron chi connectivity index (χ4n) is 1.60. The van der Waals surface area contributed by atoms with E-state index in [9.17, 15) is 0 Å². The standard InChI is InChI=1S/C12H24N6O6/c1-7-23-12(24-8-2)15-9-13-10(17(19-3)20-4)16-11(14-9)18(21-5)22-6/h12H,7-8H2,1-6H3,(H,13,14,15,16). The summed E-state index contributed by atoms with van der Waals surface area (Å²) in [7, 11) is 5.59. The van der Waals surface area contributed by atoms with Crippen molar-refractivity contribution < 1.29 is 28.8 Å². The van der Waals surface area contributed by atoms with Gasteiger partial charge in [-0.3, -0.25) is 0 Å². The Labute approximate surface area is 140 Å². The number of nitrogens with zero attached hydrogens (tertiary/aromatic N) is 5. The van der Waals surface area contributed by atoms with Gasteiger partial charge in [0.05, 0.1) is 28.4 Å². The normalized spacial score (nSPS) is 11.0. The quantitative estimate of drug-likeness (QED) is 0.419. The number of anilines is 3. The smallest absolute Gasteiger partial charge is 0.284 e. The van der Waals surface area contributed by atoms with Crippen molar-refractivity contribution in [2.24, 2.45) is 0 Å². The third kappa shape index (κ3) is 5.67. The summed E-state index contributed by atoms with van der Waals surface area (Å²) in [6.45, 7) is 4.56. The largest absolute Gasteiger partial charge is 0.336 e. The molecule has 138 valence electrons. The van der Waals surface area contributed by atoms with Crippen LogP contribution in [-0.2, 0) is 28.8 Å². The Morgan fingerprint density at radius 1 is 0.792 bits per heavy atom. The summed E-state index contributed by atoms with van der Waals surface area (Å²) in [6, 6.07) is 0. The van der Waals surface area contributed by atoms with Crippen LogP contribution in [0.5, 0.6) is 0 Å². The van der Waals surface area contributed by atoms with Crippen LogP contribution in [-0.4, -0.2) is 63.0 Å². The second-order valence-corrected chi connectivity index (χ2v) is 3.89. The van der Waals surface area contributed by atoms with Crippen LogP contribution in [0.3, 0.4) is 0 Å². The summed E-state index contributed by atoms with van der Waals surface area (Å²) in [5.74, 6) is 0.247. The van der Waals surface area contributed by atoms with Crippen LogP contribution in [0.1, 0.15) is 13.8 Å². The van der Waals surface area contributed by atoms with E-state index >= 15 is 0 Å². The van der Waals surface area contributed by atoms with E-state index < -0.39 is 6.41 Å². The van der Waals surface area contributed by atoms with Crippen molar-refractivity contribution in [3.63, 3.8) is 0 Å². The van der Waals surface area contributed by atoms with Gasteiger partial charge in [0.1, 0.15) is 0 Å². The van der Waals surface area contributed by atoms with Gasteiger partial charge in [0, 0.05) is 13.2 Å². The maximum absolute atomic E-state index is 5.41. The van der Waals surface area contributed by atoms with Crippen LogP contribution < -0.4 is 15.8 Å². The van der Waals surface area contributed by atoms with Crippen molar-refractivity contribution in [1.29, 1.82) is 0 Å². The van der Waals surface area contributed by atoms with E-state index in [1.165, 1.54) is 28.4 Å². The van der Waals surface area contributed by atoms with Crippen LogP contribution in [0.4, 0.5) is 17.8 Å². The molecule has 1 aromatic rings. The van der Waals surface area contributed by atoms with Gasteiger partial charge in [-0.1, -0.05) is 10.5 Å². The first-order valence-corrected chi connectivity index (χ1v) is 7.15. The van der Waals surface area contributed by atoms with Gasteiger partial charge in [0.2, 0.25) is 12.4 Å². The van der Waals surface area contributed by atoms with Gasteiger partial charge in [-0.25, -0.2) is 19.4 Å². The van der Waals surface area contributed by atoms with Gasteiger partial charge in [0.15, 0.2) is 0 Å². The van der Waals surface area contributed by atoms with Crippen molar-refractivity contribution in [2.75, 3.05) is 57.4 Å². The molecule has 0 amide bonds. The van der Waals surface area contributed by atoms with Gasteiger partial charge in [-0.15, -0.1) is 0 Å². The SMILES string of the molecule is CCOC(Nc1nc(N(OC)OC)nc(N(OC)OC)n1)OCC. The Bertz CT molecular complexity index is 437. The van der Waals surface area contributed by atoms with Crippen LogP contribution >= 0.6 is 0 Å². The summed E-state index contributed by atoms with van der Waals surface area (Å²) in [5, 5.41) is 4.85. The zero-order chi connectivity index (χ0) is 17.9. The molecule has 0 radical (unpaired) electrons.